The second-order valence-electron chi connectivity index (χ2n) is 21.5. The van der Waals surface area contributed by atoms with E-state index in [1.165, 1.54) is 19.4 Å². The highest BCUT2D eigenvalue weighted by molar-refractivity contribution is 6.10. The summed E-state index contributed by atoms with van der Waals surface area (Å²) in [5.41, 5.74) is 5.27. The molecule has 8 aromatic carbocycles. The van der Waals surface area contributed by atoms with E-state index in [4.69, 9.17) is 42.6 Å². The van der Waals surface area contributed by atoms with Crippen LogP contribution in [-0.4, -0.2) is 155 Å². The first kappa shape index (κ1) is 72.8. The molecule has 492 valence electrons. The first-order valence-corrected chi connectivity index (χ1v) is 30.2. The number of carbonyl (C=O) groups is 7. The van der Waals surface area contributed by atoms with Crippen molar-refractivity contribution in [2.75, 3.05) is 78.9 Å². The van der Waals surface area contributed by atoms with Gasteiger partial charge in [0.05, 0.1) is 13.2 Å². The first-order chi connectivity index (χ1) is 44.9. The molecule has 0 aromatic heterocycles. The normalized spacial score (nSPS) is 12.0. The van der Waals surface area contributed by atoms with E-state index in [1.54, 1.807) is 146 Å². The number of carbonyl (C=O) groups excluding carboxylic acids is 7. The van der Waals surface area contributed by atoms with Crippen LogP contribution in [0.5, 0.6) is 23.0 Å². The van der Waals surface area contributed by atoms with Crippen molar-refractivity contribution >= 4 is 42.2 Å². The van der Waals surface area contributed by atoms with E-state index >= 15 is 0 Å². The van der Waals surface area contributed by atoms with Gasteiger partial charge in [0.25, 0.3) is 12.9 Å². The smallest absolute Gasteiger partial charge is 0.303 e. The van der Waals surface area contributed by atoms with Crippen LogP contribution in [0.4, 0.5) is 0 Å². The Hall–Kier alpha value is -10.3. The van der Waals surface area contributed by atoms with Gasteiger partial charge in [-0.15, -0.1) is 0 Å². The standard InChI is InChI=1S/C74H74N2O16.2CH4/c1-54(79)91-70(50-87-66-35-27-62(28-36-66)73(82)59-19-11-5-12-20-59)46-75(44-68(89-52-77)48-85-64-31-23-57(24-32-64)43-56-15-7-3-8-16-56)39-41-84-42-40-76(45-69(90-53-78)49-86-65-33-25-61(26-34-65)72(81)58-17-9-4-10-18-58)47-71(92-55(2)80)51-88-67-37-29-63(30-38-67)74(83)60-21-13-6-14-22-60;;/h3-38,52-53,68-71H,39-51H2,1-2H3;2*1H4. The molecular weight excluding hydrogens is 1200 g/mol. The molecule has 0 spiro atoms. The van der Waals surface area contributed by atoms with Crippen LogP contribution < -0.4 is 18.9 Å². The lowest BCUT2D eigenvalue weighted by atomic mass is 10.0. The minimum atomic E-state index is -0.861. The molecule has 0 aliphatic rings. The molecular formula is C76H82N2O16. The SMILES string of the molecule is C.C.CC(=O)OC(COc1ccc(C(=O)c2ccccc2)cc1)CN(CCOCCN(CC(COc1ccc(C(=O)c2ccccc2)cc1)OC=O)CC(COc1ccc(C(=O)c2ccccc2)cc1)OC(C)=O)CC(COc1ccc(Cc2ccccc2)cc1)OC=O. The lowest BCUT2D eigenvalue weighted by Crippen LogP contribution is -2.46. The topological polar surface area (TPSA) is 209 Å². The van der Waals surface area contributed by atoms with Crippen LogP contribution in [0.2, 0.25) is 0 Å². The van der Waals surface area contributed by atoms with Crippen molar-refractivity contribution in [3.63, 3.8) is 0 Å². The predicted octanol–water partition coefficient (Wildman–Crippen LogP) is 11.4. The van der Waals surface area contributed by atoms with Crippen molar-refractivity contribution in [2.45, 2.75) is 59.5 Å². The van der Waals surface area contributed by atoms with E-state index < -0.39 is 36.4 Å². The van der Waals surface area contributed by atoms with Gasteiger partial charge in [-0.05, 0) is 102 Å². The Morgan fingerprint density at radius 1 is 0.351 bits per heavy atom. The molecule has 0 aliphatic heterocycles. The minimum absolute atomic E-state index is 0. The van der Waals surface area contributed by atoms with E-state index in [2.05, 4.69) is 12.1 Å². The molecule has 0 saturated carbocycles. The van der Waals surface area contributed by atoms with Gasteiger partial charge in [-0.3, -0.25) is 43.4 Å². The maximum atomic E-state index is 13.1. The summed E-state index contributed by atoms with van der Waals surface area (Å²) in [5, 5.41) is 0. The Morgan fingerprint density at radius 3 is 0.926 bits per heavy atom. The Balaban J connectivity index is 0.00000700. The fourth-order valence-electron chi connectivity index (χ4n) is 9.97. The van der Waals surface area contributed by atoms with Gasteiger partial charge < -0.3 is 42.6 Å². The average Bonchev–Trinajstić information content (AvgIpc) is 0.997. The summed E-state index contributed by atoms with van der Waals surface area (Å²) in [6, 6.07) is 64.4. The fourth-order valence-corrected chi connectivity index (χ4v) is 9.97. The maximum Gasteiger partial charge on any atom is 0.303 e. The summed E-state index contributed by atoms with van der Waals surface area (Å²) in [6.07, 6.45) is -2.63. The molecule has 0 N–H and O–H groups in total. The summed E-state index contributed by atoms with van der Waals surface area (Å²) in [6.45, 7) is 3.96. The van der Waals surface area contributed by atoms with Gasteiger partial charge in [-0.2, -0.15) is 0 Å². The summed E-state index contributed by atoms with van der Waals surface area (Å²) in [4.78, 5) is 92.7. The molecule has 8 rings (SSSR count). The Labute approximate surface area is 550 Å². The number of rotatable bonds is 40. The number of hydrogen-bond acceptors (Lipinski definition) is 18. The van der Waals surface area contributed by atoms with Crippen molar-refractivity contribution in [3.05, 3.63) is 263 Å². The molecule has 18 nitrogen and oxygen atoms in total. The molecule has 0 aliphatic carbocycles. The molecule has 4 unspecified atom stereocenters. The van der Waals surface area contributed by atoms with Gasteiger partial charge in [0, 0.05) is 86.5 Å². The third-order valence-electron chi connectivity index (χ3n) is 14.5. The molecule has 0 amide bonds. The van der Waals surface area contributed by atoms with Crippen LogP contribution in [0.1, 0.15) is 87.6 Å². The van der Waals surface area contributed by atoms with Gasteiger partial charge in [-0.25, -0.2) is 0 Å². The molecule has 8 aromatic rings. The zero-order chi connectivity index (χ0) is 64.7. The number of hydrogen-bond donors (Lipinski definition) is 0. The molecule has 0 fully saturated rings. The van der Waals surface area contributed by atoms with E-state index in [0.29, 0.717) is 69.3 Å². The zero-order valence-electron chi connectivity index (χ0n) is 51.4. The summed E-state index contributed by atoms with van der Waals surface area (Å²) in [7, 11) is 0. The Kier molecular flexibility index (Phi) is 30.4. The van der Waals surface area contributed by atoms with Crippen LogP contribution in [0.25, 0.3) is 0 Å². The molecule has 0 saturated heterocycles. The van der Waals surface area contributed by atoms with E-state index in [1.807, 2.05) is 70.5 Å². The van der Waals surface area contributed by atoms with Crippen molar-refractivity contribution < 1.29 is 76.2 Å². The van der Waals surface area contributed by atoms with E-state index in [-0.39, 0.29) is 111 Å². The first-order valence-electron chi connectivity index (χ1n) is 30.2. The summed E-state index contributed by atoms with van der Waals surface area (Å²) < 4.78 is 53.8. The number of nitrogens with zero attached hydrogens (tertiary/aromatic N) is 2. The molecule has 18 heteroatoms. The number of esters is 2. The highest BCUT2D eigenvalue weighted by Gasteiger charge is 2.26. The lowest BCUT2D eigenvalue weighted by molar-refractivity contribution is -0.150. The van der Waals surface area contributed by atoms with Crippen molar-refractivity contribution in [2.24, 2.45) is 0 Å². The van der Waals surface area contributed by atoms with Gasteiger partial charge in [0.1, 0.15) is 73.8 Å². The Morgan fingerprint density at radius 2 is 0.617 bits per heavy atom. The van der Waals surface area contributed by atoms with E-state index in [9.17, 15) is 33.6 Å². The van der Waals surface area contributed by atoms with Crippen LogP contribution in [0, 0.1) is 0 Å². The second kappa shape index (κ2) is 39.2. The van der Waals surface area contributed by atoms with Gasteiger partial charge >= 0.3 is 11.9 Å². The fraction of sp³-hybridized carbons (Fsp3) is 0.276. The van der Waals surface area contributed by atoms with E-state index in [0.717, 1.165) is 12.0 Å². The predicted molar refractivity (Wildman–Crippen MR) is 357 cm³/mol. The van der Waals surface area contributed by atoms with Crippen molar-refractivity contribution in [1.82, 2.24) is 9.80 Å². The summed E-state index contributed by atoms with van der Waals surface area (Å²) in [5.74, 6) is 0.264. The minimum Gasteiger partial charge on any atom is -0.490 e. The highest BCUT2D eigenvalue weighted by Crippen LogP contribution is 2.22. The highest BCUT2D eigenvalue weighted by atomic mass is 16.6. The zero-order valence-corrected chi connectivity index (χ0v) is 51.4. The Bertz CT molecular complexity index is 3560. The number of benzene rings is 8. The van der Waals surface area contributed by atoms with Gasteiger partial charge in [-0.1, -0.05) is 148 Å². The van der Waals surface area contributed by atoms with Crippen LogP contribution >= 0.6 is 0 Å². The average molecular weight is 1280 g/mol. The molecule has 0 heterocycles. The number of ketones is 3. The van der Waals surface area contributed by atoms with Crippen molar-refractivity contribution in [1.29, 1.82) is 0 Å². The quantitative estimate of drug-likeness (QED) is 0.0115. The number of ether oxygens (including phenoxy) is 9. The van der Waals surface area contributed by atoms with Crippen molar-refractivity contribution in [3.8, 4) is 23.0 Å². The van der Waals surface area contributed by atoms with Crippen LogP contribution in [0.15, 0.2) is 218 Å². The molecule has 94 heavy (non-hydrogen) atoms. The van der Waals surface area contributed by atoms with Gasteiger partial charge in [0.15, 0.2) is 17.3 Å². The maximum absolute atomic E-state index is 13.1. The monoisotopic (exact) mass is 1280 g/mol. The van der Waals surface area contributed by atoms with Gasteiger partial charge in [0.2, 0.25) is 0 Å². The third-order valence-corrected chi connectivity index (χ3v) is 14.5. The molecule has 0 bridgehead atoms. The third kappa shape index (κ3) is 24.4. The second-order valence-corrected chi connectivity index (χ2v) is 21.5. The largest absolute Gasteiger partial charge is 0.490 e. The van der Waals surface area contributed by atoms with Crippen LogP contribution in [-0.2, 0) is 49.3 Å². The molecule has 4 atom stereocenters. The summed E-state index contributed by atoms with van der Waals surface area (Å²) >= 11 is 0. The lowest BCUT2D eigenvalue weighted by Gasteiger charge is -2.31. The molecule has 0 radical (unpaired) electrons. The van der Waals surface area contributed by atoms with Crippen LogP contribution in [0.3, 0.4) is 0 Å².